The van der Waals surface area contributed by atoms with Crippen LogP contribution in [0.3, 0.4) is 0 Å². The fraction of sp³-hybridized carbons (Fsp3) is 0.471. The summed E-state index contributed by atoms with van der Waals surface area (Å²) >= 11 is 0. The summed E-state index contributed by atoms with van der Waals surface area (Å²) in [5.74, 6) is -0.687. The van der Waals surface area contributed by atoms with Crippen LogP contribution in [0.4, 0.5) is 0 Å². The molecule has 112 valence electrons. The second-order valence-corrected chi connectivity index (χ2v) is 5.91. The number of hydrogen-bond donors (Lipinski definition) is 2. The highest BCUT2D eigenvalue weighted by atomic mass is 16.4. The number of rotatable bonds is 5. The van der Waals surface area contributed by atoms with Crippen LogP contribution in [0.5, 0.6) is 0 Å². The number of H-pyrrole nitrogens is 1. The summed E-state index contributed by atoms with van der Waals surface area (Å²) in [6, 6.07) is 8.89. The molecule has 1 atom stereocenters. The van der Waals surface area contributed by atoms with Crippen LogP contribution in [-0.2, 0) is 11.3 Å². The number of nitrogens with zero attached hydrogens (tertiary/aromatic N) is 1. The fourth-order valence-corrected chi connectivity index (χ4v) is 3.39. The Kier molecular flexibility index (Phi) is 4.25. The van der Waals surface area contributed by atoms with Gasteiger partial charge in [0, 0.05) is 36.1 Å². The quantitative estimate of drug-likeness (QED) is 0.886. The first-order valence-electron chi connectivity index (χ1n) is 7.75. The Balaban J connectivity index is 1.74. The molecule has 2 N–H and O–H groups in total. The van der Waals surface area contributed by atoms with E-state index in [9.17, 15) is 4.79 Å². The number of nitrogens with one attached hydrogen (secondary N) is 1. The van der Waals surface area contributed by atoms with Crippen molar-refractivity contribution in [1.82, 2.24) is 9.88 Å². The molecule has 0 radical (unpaired) electrons. The number of aliphatic carboxylic acids is 1. The second kappa shape index (κ2) is 6.31. The predicted molar refractivity (Wildman–Crippen MR) is 83.2 cm³/mol. The van der Waals surface area contributed by atoms with Crippen LogP contribution in [0.15, 0.2) is 30.5 Å². The van der Waals surface area contributed by atoms with E-state index in [1.165, 1.54) is 29.3 Å². The Bertz CT molecular complexity index is 620. The first-order chi connectivity index (χ1) is 10.2. The molecule has 1 aliphatic heterocycles. The first kappa shape index (κ1) is 14.1. The third kappa shape index (κ3) is 3.27. The molecule has 0 unspecified atom stereocenters. The van der Waals surface area contributed by atoms with E-state index in [1.807, 2.05) is 6.20 Å². The standard InChI is InChI=1S/C17H22N2O2/c20-17(21)8-7-14-5-1-2-11-19(14)12-13-4-3-6-16-15(13)9-10-18-16/h3-4,6,9-10,14,18H,1-2,5,7-8,11-12H2,(H,20,21)/t14-/m1/s1. The SMILES string of the molecule is O=C(O)CC[C@H]1CCCCN1Cc1cccc2[nH]ccc12. The van der Waals surface area contributed by atoms with Crippen molar-refractivity contribution in [3.8, 4) is 0 Å². The van der Waals surface area contributed by atoms with Gasteiger partial charge in [-0.15, -0.1) is 0 Å². The van der Waals surface area contributed by atoms with Crippen molar-refractivity contribution in [3.05, 3.63) is 36.0 Å². The van der Waals surface area contributed by atoms with Gasteiger partial charge in [-0.2, -0.15) is 0 Å². The number of carbonyl (C=O) groups is 1. The van der Waals surface area contributed by atoms with Crippen LogP contribution in [0.1, 0.15) is 37.7 Å². The Morgan fingerprint density at radius 2 is 2.24 bits per heavy atom. The summed E-state index contributed by atoms with van der Waals surface area (Å²) in [5, 5.41) is 10.2. The van der Waals surface area contributed by atoms with E-state index in [0.717, 1.165) is 25.9 Å². The van der Waals surface area contributed by atoms with Crippen LogP contribution in [0, 0.1) is 0 Å². The molecule has 1 fully saturated rings. The Morgan fingerprint density at radius 3 is 3.10 bits per heavy atom. The minimum Gasteiger partial charge on any atom is -0.481 e. The van der Waals surface area contributed by atoms with Gasteiger partial charge in [0.2, 0.25) is 0 Å². The number of aromatic nitrogens is 1. The van der Waals surface area contributed by atoms with Gasteiger partial charge in [0.25, 0.3) is 0 Å². The molecule has 1 aliphatic rings. The maximum Gasteiger partial charge on any atom is 0.303 e. The van der Waals surface area contributed by atoms with E-state index >= 15 is 0 Å². The van der Waals surface area contributed by atoms with Crippen molar-refractivity contribution >= 4 is 16.9 Å². The first-order valence-corrected chi connectivity index (χ1v) is 7.75. The maximum atomic E-state index is 10.8. The molecule has 0 bridgehead atoms. The van der Waals surface area contributed by atoms with Crippen molar-refractivity contribution < 1.29 is 9.90 Å². The van der Waals surface area contributed by atoms with E-state index in [0.29, 0.717) is 6.04 Å². The van der Waals surface area contributed by atoms with Gasteiger partial charge in [0.05, 0.1) is 0 Å². The van der Waals surface area contributed by atoms with E-state index in [-0.39, 0.29) is 6.42 Å². The molecule has 21 heavy (non-hydrogen) atoms. The zero-order valence-electron chi connectivity index (χ0n) is 12.2. The molecule has 0 saturated carbocycles. The minimum absolute atomic E-state index is 0.273. The number of hydrogen-bond acceptors (Lipinski definition) is 2. The van der Waals surface area contributed by atoms with Gasteiger partial charge in [-0.3, -0.25) is 9.69 Å². The van der Waals surface area contributed by atoms with E-state index in [1.54, 1.807) is 0 Å². The average molecular weight is 286 g/mol. The Morgan fingerprint density at radius 1 is 1.33 bits per heavy atom. The van der Waals surface area contributed by atoms with Gasteiger partial charge in [-0.1, -0.05) is 18.6 Å². The summed E-state index contributed by atoms with van der Waals surface area (Å²) in [6.45, 7) is 1.99. The van der Waals surface area contributed by atoms with Crippen molar-refractivity contribution in [3.63, 3.8) is 0 Å². The molecule has 1 aromatic heterocycles. The molecule has 0 spiro atoms. The van der Waals surface area contributed by atoms with Crippen LogP contribution >= 0.6 is 0 Å². The summed E-state index contributed by atoms with van der Waals surface area (Å²) < 4.78 is 0. The topological polar surface area (TPSA) is 56.3 Å². The molecule has 0 amide bonds. The third-order valence-corrected chi connectivity index (χ3v) is 4.50. The normalized spacial score (nSPS) is 19.9. The third-order valence-electron chi connectivity index (χ3n) is 4.50. The lowest BCUT2D eigenvalue weighted by molar-refractivity contribution is -0.137. The lowest BCUT2D eigenvalue weighted by Crippen LogP contribution is -2.39. The number of aromatic amines is 1. The smallest absolute Gasteiger partial charge is 0.303 e. The number of carboxylic acids is 1. The molecule has 2 heterocycles. The minimum atomic E-state index is -0.687. The number of piperidine rings is 1. The van der Waals surface area contributed by atoms with Crippen LogP contribution in [-0.4, -0.2) is 33.5 Å². The lowest BCUT2D eigenvalue weighted by Gasteiger charge is -2.35. The molecule has 2 aromatic rings. The van der Waals surface area contributed by atoms with Gasteiger partial charge >= 0.3 is 5.97 Å². The van der Waals surface area contributed by atoms with Crippen molar-refractivity contribution in [2.24, 2.45) is 0 Å². The monoisotopic (exact) mass is 286 g/mol. The second-order valence-electron chi connectivity index (χ2n) is 5.91. The van der Waals surface area contributed by atoms with Crippen molar-refractivity contribution in [2.75, 3.05) is 6.54 Å². The summed E-state index contributed by atoms with van der Waals surface area (Å²) in [6.07, 6.45) is 6.57. The van der Waals surface area contributed by atoms with Crippen LogP contribution in [0.25, 0.3) is 10.9 Å². The number of carboxylic acid groups (broad SMARTS) is 1. The molecule has 3 rings (SSSR count). The zero-order valence-corrected chi connectivity index (χ0v) is 12.2. The molecule has 0 aliphatic carbocycles. The van der Waals surface area contributed by atoms with Crippen molar-refractivity contribution in [1.29, 1.82) is 0 Å². The lowest BCUT2D eigenvalue weighted by atomic mass is 9.96. The fourth-order valence-electron chi connectivity index (χ4n) is 3.39. The van der Waals surface area contributed by atoms with Gasteiger partial charge in [0.15, 0.2) is 0 Å². The summed E-state index contributed by atoms with van der Waals surface area (Å²) in [4.78, 5) is 16.5. The average Bonchev–Trinajstić information content (AvgIpc) is 2.96. The highest BCUT2D eigenvalue weighted by Crippen LogP contribution is 2.25. The maximum absolute atomic E-state index is 10.8. The van der Waals surface area contributed by atoms with Gasteiger partial charge in [0.1, 0.15) is 0 Å². The van der Waals surface area contributed by atoms with E-state index < -0.39 is 5.97 Å². The Labute approximate surface area is 124 Å². The summed E-state index contributed by atoms with van der Waals surface area (Å²) in [5.41, 5.74) is 2.50. The number of fused-ring (bicyclic) bond motifs is 1. The molecular formula is C17H22N2O2. The van der Waals surface area contributed by atoms with Crippen LogP contribution in [0.2, 0.25) is 0 Å². The van der Waals surface area contributed by atoms with Gasteiger partial charge in [-0.05, 0) is 43.5 Å². The van der Waals surface area contributed by atoms with E-state index in [4.69, 9.17) is 5.11 Å². The largest absolute Gasteiger partial charge is 0.481 e. The molecular weight excluding hydrogens is 264 g/mol. The summed E-state index contributed by atoms with van der Waals surface area (Å²) in [7, 11) is 0. The van der Waals surface area contributed by atoms with Gasteiger partial charge in [-0.25, -0.2) is 0 Å². The Hall–Kier alpha value is -1.81. The molecule has 1 aromatic carbocycles. The van der Waals surface area contributed by atoms with Crippen molar-refractivity contribution in [2.45, 2.75) is 44.7 Å². The molecule has 4 nitrogen and oxygen atoms in total. The number of benzene rings is 1. The highest BCUT2D eigenvalue weighted by Gasteiger charge is 2.23. The molecule has 1 saturated heterocycles. The molecule has 4 heteroatoms. The van der Waals surface area contributed by atoms with Crippen LogP contribution < -0.4 is 0 Å². The zero-order chi connectivity index (χ0) is 14.7. The predicted octanol–water partition coefficient (Wildman–Crippen LogP) is 3.39. The number of likely N-dealkylation sites (tertiary alicyclic amines) is 1. The van der Waals surface area contributed by atoms with E-state index in [2.05, 4.69) is 34.1 Å². The highest BCUT2D eigenvalue weighted by molar-refractivity contribution is 5.82. The van der Waals surface area contributed by atoms with Gasteiger partial charge < -0.3 is 10.1 Å².